The molecule has 1 heterocycles. The van der Waals surface area contributed by atoms with E-state index in [0.717, 1.165) is 17.3 Å². The summed E-state index contributed by atoms with van der Waals surface area (Å²) < 4.78 is 0. The fraction of sp³-hybridized carbons (Fsp3) is 1.00. The zero-order valence-corrected chi connectivity index (χ0v) is 8.64. The molecule has 0 bridgehead atoms. The molecule has 0 unspecified atom stereocenters. The van der Waals surface area contributed by atoms with Crippen molar-refractivity contribution in [3.8, 4) is 0 Å². The van der Waals surface area contributed by atoms with Crippen LogP contribution < -0.4 is 0 Å². The maximum Gasteiger partial charge on any atom is 0.00352 e. The molecule has 0 amide bonds. The lowest BCUT2D eigenvalue weighted by molar-refractivity contribution is 0.110. The van der Waals surface area contributed by atoms with E-state index in [4.69, 9.17) is 0 Å². The highest BCUT2D eigenvalue weighted by atomic mass is 15.1. The summed E-state index contributed by atoms with van der Waals surface area (Å²) in [5.74, 6) is 1.84. The van der Waals surface area contributed by atoms with Crippen LogP contribution >= 0.6 is 0 Å². The number of likely N-dealkylation sites (tertiary alicyclic amines) is 1. The van der Waals surface area contributed by atoms with Gasteiger partial charge in [-0.05, 0) is 43.6 Å². The van der Waals surface area contributed by atoms with Crippen molar-refractivity contribution < 1.29 is 0 Å². The number of hydrogen-bond donors (Lipinski definition) is 0. The molecule has 2 fully saturated rings. The lowest BCUT2D eigenvalue weighted by atomic mass is 9.81. The maximum absolute atomic E-state index is 2.54. The van der Waals surface area contributed by atoms with Gasteiger partial charge in [0.25, 0.3) is 0 Å². The molecule has 1 atom stereocenters. The minimum Gasteiger partial charge on any atom is -0.306 e. The Morgan fingerprint density at radius 1 is 1.33 bits per heavy atom. The number of piperidine rings is 1. The Bertz CT molecular complexity index is 170. The SMILES string of the molecule is CC(C)[C@H]1CN(C)CC2(CC2)C1. The standard InChI is InChI=1S/C11H21N/c1-9(2)10-6-11(4-5-11)8-12(3)7-10/h9-10H,4-8H2,1-3H3/t10-/m1/s1. The van der Waals surface area contributed by atoms with Crippen LogP contribution in [0.5, 0.6) is 0 Å². The normalized spacial score (nSPS) is 34.5. The summed E-state index contributed by atoms with van der Waals surface area (Å²) in [5.41, 5.74) is 0.780. The van der Waals surface area contributed by atoms with Gasteiger partial charge in [0.1, 0.15) is 0 Å². The molecule has 1 aliphatic heterocycles. The number of hydrogen-bond acceptors (Lipinski definition) is 1. The van der Waals surface area contributed by atoms with E-state index in [1.165, 1.54) is 32.4 Å². The zero-order valence-electron chi connectivity index (χ0n) is 8.64. The molecule has 70 valence electrons. The van der Waals surface area contributed by atoms with Crippen molar-refractivity contribution in [2.75, 3.05) is 20.1 Å². The van der Waals surface area contributed by atoms with Gasteiger partial charge in [0.05, 0.1) is 0 Å². The molecular formula is C11H21N. The first-order valence-corrected chi connectivity index (χ1v) is 5.30. The lowest BCUT2D eigenvalue weighted by Gasteiger charge is -2.38. The third-order valence-electron chi connectivity index (χ3n) is 3.75. The molecule has 2 aliphatic rings. The van der Waals surface area contributed by atoms with E-state index < -0.39 is 0 Å². The summed E-state index contributed by atoms with van der Waals surface area (Å²) in [4.78, 5) is 2.54. The van der Waals surface area contributed by atoms with Crippen molar-refractivity contribution in [2.24, 2.45) is 17.3 Å². The number of nitrogens with zero attached hydrogens (tertiary/aromatic N) is 1. The largest absolute Gasteiger partial charge is 0.306 e. The van der Waals surface area contributed by atoms with Gasteiger partial charge in [-0.1, -0.05) is 13.8 Å². The van der Waals surface area contributed by atoms with Gasteiger partial charge in [0, 0.05) is 13.1 Å². The van der Waals surface area contributed by atoms with Crippen LogP contribution in [0.4, 0.5) is 0 Å². The van der Waals surface area contributed by atoms with Gasteiger partial charge in [-0.25, -0.2) is 0 Å². The molecule has 2 rings (SSSR count). The summed E-state index contributed by atoms with van der Waals surface area (Å²) in [5, 5.41) is 0. The highest BCUT2D eigenvalue weighted by Gasteiger charge is 2.47. The van der Waals surface area contributed by atoms with Gasteiger partial charge in [0.2, 0.25) is 0 Å². The Kier molecular flexibility index (Phi) is 1.95. The summed E-state index contributed by atoms with van der Waals surface area (Å²) >= 11 is 0. The maximum atomic E-state index is 2.54. The van der Waals surface area contributed by atoms with Crippen molar-refractivity contribution in [3.05, 3.63) is 0 Å². The van der Waals surface area contributed by atoms with E-state index in [9.17, 15) is 0 Å². The van der Waals surface area contributed by atoms with Crippen molar-refractivity contribution in [1.29, 1.82) is 0 Å². The molecule has 1 spiro atoms. The number of rotatable bonds is 1. The van der Waals surface area contributed by atoms with Crippen molar-refractivity contribution in [3.63, 3.8) is 0 Å². The molecule has 1 aliphatic carbocycles. The van der Waals surface area contributed by atoms with Gasteiger partial charge in [-0.15, -0.1) is 0 Å². The van der Waals surface area contributed by atoms with E-state index in [0.29, 0.717) is 0 Å². The fourth-order valence-corrected chi connectivity index (χ4v) is 2.71. The summed E-state index contributed by atoms with van der Waals surface area (Å²) in [6.45, 7) is 7.45. The molecule has 1 saturated carbocycles. The smallest absolute Gasteiger partial charge is 0.00352 e. The molecule has 0 aromatic carbocycles. The third-order valence-corrected chi connectivity index (χ3v) is 3.75. The van der Waals surface area contributed by atoms with Crippen LogP contribution in [0.2, 0.25) is 0 Å². The summed E-state index contributed by atoms with van der Waals surface area (Å²) in [6.07, 6.45) is 4.51. The monoisotopic (exact) mass is 167 g/mol. The van der Waals surface area contributed by atoms with E-state index >= 15 is 0 Å². The van der Waals surface area contributed by atoms with Crippen LogP contribution in [-0.4, -0.2) is 25.0 Å². The Hall–Kier alpha value is -0.0400. The van der Waals surface area contributed by atoms with Crippen LogP contribution in [-0.2, 0) is 0 Å². The van der Waals surface area contributed by atoms with Crippen molar-refractivity contribution >= 4 is 0 Å². The van der Waals surface area contributed by atoms with E-state index in [1.807, 2.05) is 0 Å². The molecule has 1 heteroatoms. The Morgan fingerprint density at radius 3 is 2.50 bits per heavy atom. The molecule has 1 nitrogen and oxygen atoms in total. The molecular weight excluding hydrogens is 146 g/mol. The van der Waals surface area contributed by atoms with Crippen LogP contribution in [0.1, 0.15) is 33.1 Å². The predicted molar refractivity (Wildman–Crippen MR) is 52.1 cm³/mol. The first kappa shape index (κ1) is 8.55. The van der Waals surface area contributed by atoms with Crippen molar-refractivity contribution in [2.45, 2.75) is 33.1 Å². The third kappa shape index (κ3) is 1.52. The quantitative estimate of drug-likeness (QED) is 0.579. The Morgan fingerprint density at radius 2 is 2.00 bits per heavy atom. The van der Waals surface area contributed by atoms with Gasteiger partial charge in [-0.2, -0.15) is 0 Å². The van der Waals surface area contributed by atoms with Crippen LogP contribution in [0, 0.1) is 17.3 Å². The lowest BCUT2D eigenvalue weighted by Crippen LogP contribution is -2.40. The van der Waals surface area contributed by atoms with Gasteiger partial charge in [-0.3, -0.25) is 0 Å². The summed E-state index contributed by atoms with van der Waals surface area (Å²) in [7, 11) is 2.29. The van der Waals surface area contributed by atoms with Crippen LogP contribution in [0.25, 0.3) is 0 Å². The molecule has 0 radical (unpaired) electrons. The highest BCUT2D eigenvalue weighted by molar-refractivity contribution is 5.00. The second kappa shape index (κ2) is 2.73. The average Bonchev–Trinajstić information content (AvgIpc) is 2.67. The van der Waals surface area contributed by atoms with Gasteiger partial charge < -0.3 is 4.90 Å². The molecule has 0 aromatic heterocycles. The Balaban J connectivity index is 1.99. The molecule has 1 saturated heterocycles. The van der Waals surface area contributed by atoms with Gasteiger partial charge >= 0.3 is 0 Å². The molecule has 0 aromatic rings. The summed E-state index contributed by atoms with van der Waals surface area (Å²) in [6, 6.07) is 0. The molecule has 0 N–H and O–H groups in total. The van der Waals surface area contributed by atoms with E-state index in [2.05, 4.69) is 25.8 Å². The first-order valence-electron chi connectivity index (χ1n) is 5.30. The first-order chi connectivity index (χ1) is 5.61. The van der Waals surface area contributed by atoms with E-state index in [1.54, 1.807) is 0 Å². The zero-order chi connectivity index (χ0) is 8.77. The van der Waals surface area contributed by atoms with Gasteiger partial charge in [0.15, 0.2) is 0 Å². The minimum absolute atomic E-state index is 0.780. The average molecular weight is 167 g/mol. The fourth-order valence-electron chi connectivity index (χ4n) is 2.71. The van der Waals surface area contributed by atoms with E-state index in [-0.39, 0.29) is 0 Å². The second-order valence-corrected chi connectivity index (χ2v) is 5.40. The Labute approximate surface area is 76.1 Å². The topological polar surface area (TPSA) is 3.24 Å². The van der Waals surface area contributed by atoms with Crippen molar-refractivity contribution in [1.82, 2.24) is 4.90 Å². The minimum atomic E-state index is 0.780. The highest BCUT2D eigenvalue weighted by Crippen LogP contribution is 2.54. The van der Waals surface area contributed by atoms with Crippen LogP contribution in [0.3, 0.4) is 0 Å². The van der Waals surface area contributed by atoms with Crippen LogP contribution in [0.15, 0.2) is 0 Å². The molecule has 12 heavy (non-hydrogen) atoms. The second-order valence-electron chi connectivity index (χ2n) is 5.40. The predicted octanol–water partition coefficient (Wildman–Crippen LogP) is 2.37.